The van der Waals surface area contributed by atoms with Crippen LogP contribution < -0.4 is 0 Å². The van der Waals surface area contributed by atoms with Crippen molar-refractivity contribution < 1.29 is 14.3 Å². The molecule has 31 heavy (non-hydrogen) atoms. The molecule has 2 bridgehead atoms. The molecule has 1 aromatic heterocycles. The summed E-state index contributed by atoms with van der Waals surface area (Å²) >= 11 is 0. The number of carbonyl (C=O) groups is 2. The molecular formula is C25H31N3O3. The highest BCUT2D eigenvalue weighted by Gasteiger charge is 2.47. The molecule has 0 radical (unpaired) electrons. The molecule has 2 aliphatic heterocycles. The lowest BCUT2D eigenvalue weighted by Crippen LogP contribution is -2.48. The van der Waals surface area contributed by atoms with Gasteiger partial charge >= 0.3 is 6.09 Å². The van der Waals surface area contributed by atoms with Crippen molar-refractivity contribution >= 4 is 22.9 Å². The fraction of sp³-hybridized carbons (Fsp3) is 0.560. The van der Waals surface area contributed by atoms with Crippen LogP contribution in [0.3, 0.4) is 0 Å². The molecule has 0 spiro atoms. The SMILES string of the molecule is CCCOC(=O)N1C2CCCC1N(C(=O)c1ccc3c(C)c4c(nc3c1)CCCC4)C2. The van der Waals surface area contributed by atoms with Crippen molar-refractivity contribution in [1.29, 1.82) is 0 Å². The van der Waals surface area contributed by atoms with E-state index in [9.17, 15) is 9.59 Å². The minimum Gasteiger partial charge on any atom is -0.449 e. The quantitative estimate of drug-likeness (QED) is 0.726. The molecule has 2 atom stereocenters. The monoisotopic (exact) mass is 421 g/mol. The average molecular weight is 422 g/mol. The third kappa shape index (κ3) is 3.46. The Hall–Kier alpha value is -2.63. The van der Waals surface area contributed by atoms with E-state index in [2.05, 4.69) is 13.0 Å². The van der Waals surface area contributed by atoms with E-state index in [1.165, 1.54) is 29.7 Å². The van der Waals surface area contributed by atoms with E-state index in [1.54, 1.807) is 4.90 Å². The first kappa shape index (κ1) is 20.3. The second kappa shape index (κ2) is 8.13. The van der Waals surface area contributed by atoms with Crippen LogP contribution in [0.1, 0.15) is 72.6 Å². The number of hydrogen-bond acceptors (Lipinski definition) is 4. The standard InChI is InChI=1S/C25H31N3O3/c1-3-13-31-25(30)28-18-7-6-10-23(28)27(15-18)24(29)17-11-12-20-16(2)19-8-4-5-9-21(19)26-22(20)14-17/h11-12,14,18,23H,3-10,13,15H2,1-2H3. The van der Waals surface area contributed by atoms with Gasteiger partial charge in [0.25, 0.3) is 5.91 Å². The molecule has 1 aromatic carbocycles. The van der Waals surface area contributed by atoms with Crippen LogP contribution in [0.2, 0.25) is 0 Å². The summed E-state index contributed by atoms with van der Waals surface area (Å²) in [5, 5.41) is 1.14. The number of amides is 2. The van der Waals surface area contributed by atoms with Crippen LogP contribution in [0.4, 0.5) is 4.79 Å². The maximum Gasteiger partial charge on any atom is 0.411 e. The number of nitrogens with zero attached hydrogens (tertiary/aromatic N) is 3. The van der Waals surface area contributed by atoms with Gasteiger partial charge in [-0.25, -0.2) is 4.79 Å². The molecule has 1 aliphatic carbocycles. The van der Waals surface area contributed by atoms with Crippen molar-refractivity contribution in [2.75, 3.05) is 13.2 Å². The van der Waals surface area contributed by atoms with Crippen LogP contribution in [0.25, 0.3) is 10.9 Å². The van der Waals surface area contributed by atoms with Crippen molar-refractivity contribution in [1.82, 2.24) is 14.8 Å². The first-order valence-electron chi connectivity index (χ1n) is 11.8. The van der Waals surface area contributed by atoms with Gasteiger partial charge in [-0.15, -0.1) is 0 Å². The van der Waals surface area contributed by atoms with Crippen LogP contribution in [-0.4, -0.2) is 52.1 Å². The number of rotatable bonds is 3. The molecule has 0 N–H and O–H groups in total. The normalized spacial score (nSPS) is 22.5. The fourth-order valence-corrected chi connectivity index (χ4v) is 5.61. The van der Waals surface area contributed by atoms with Gasteiger partial charge in [0.2, 0.25) is 0 Å². The van der Waals surface area contributed by atoms with Crippen molar-refractivity contribution in [2.24, 2.45) is 0 Å². The third-order valence-corrected chi connectivity index (χ3v) is 7.18. The van der Waals surface area contributed by atoms with E-state index in [0.717, 1.165) is 49.4 Å². The lowest BCUT2D eigenvalue weighted by atomic mass is 9.90. The molecule has 0 saturated carbocycles. The summed E-state index contributed by atoms with van der Waals surface area (Å²) in [7, 11) is 0. The molecule has 2 fully saturated rings. The first-order chi connectivity index (χ1) is 15.1. The number of likely N-dealkylation sites (tertiary alicyclic amines) is 1. The number of pyridine rings is 1. The largest absolute Gasteiger partial charge is 0.449 e. The first-order valence-corrected chi connectivity index (χ1v) is 11.8. The van der Waals surface area contributed by atoms with E-state index in [4.69, 9.17) is 9.72 Å². The number of piperidine rings is 1. The second-order valence-electron chi connectivity index (χ2n) is 9.15. The number of carbonyl (C=O) groups excluding carboxylic acids is 2. The zero-order chi connectivity index (χ0) is 21.5. The van der Waals surface area contributed by atoms with Crippen molar-refractivity contribution in [3.8, 4) is 0 Å². The fourth-order valence-electron chi connectivity index (χ4n) is 5.61. The number of ether oxygens (including phenoxy) is 1. The van der Waals surface area contributed by atoms with Gasteiger partial charge in [-0.2, -0.15) is 0 Å². The molecule has 164 valence electrons. The maximum absolute atomic E-state index is 13.5. The average Bonchev–Trinajstić information content (AvgIpc) is 3.02. The van der Waals surface area contributed by atoms with E-state index in [-0.39, 0.29) is 24.2 Å². The third-order valence-electron chi connectivity index (χ3n) is 7.18. The second-order valence-corrected chi connectivity index (χ2v) is 9.15. The lowest BCUT2D eigenvalue weighted by Gasteiger charge is -2.34. The van der Waals surface area contributed by atoms with Crippen LogP contribution in [-0.2, 0) is 17.6 Å². The molecule has 2 saturated heterocycles. The summed E-state index contributed by atoms with van der Waals surface area (Å²) in [6.45, 7) is 5.17. The highest BCUT2D eigenvalue weighted by molar-refractivity contribution is 5.99. The summed E-state index contributed by atoms with van der Waals surface area (Å²) in [5.74, 6) is -0.0123. The summed E-state index contributed by atoms with van der Waals surface area (Å²) < 4.78 is 5.41. The molecule has 6 heteroatoms. The molecule has 2 aromatic rings. The molecule has 5 rings (SSSR count). The summed E-state index contributed by atoms with van der Waals surface area (Å²) in [6, 6.07) is 5.98. The van der Waals surface area contributed by atoms with Crippen molar-refractivity contribution in [2.45, 2.75) is 77.4 Å². The van der Waals surface area contributed by atoms with Crippen molar-refractivity contribution in [3.05, 3.63) is 40.6 Å². The Kier molecular flexibility index (Phi) is 5.32. The number of hydrogen-bond donors (Lipinski definition) is 0. The molecule has 2 amide bonds. The van der Waals surface area contributed by atoms with Gasteiger partial charge in [0.05, 0.1) is 18.2 Å². The zero-order valence-electron chi connectivity index (χ0n) is 18.5. The van der Waals surface area contributed by atoms with E-state index in [0.29, 0.717) is 18.7 Å². The molecule has 3 heterocycles. The Morgan fingerprint density at radius 2 is 2.00 bits per heavy atom. The zero-order valence-corrected chi connectivity index (χ0v) is 18.5. The number of benzene rings is 1. The van der Waals surface area contributed by atoms with Gasteiger partial charge in [0.1, 0.15) is 6.17 Å². The summed E-state index contributed by atoms with van der Waals surface area (Å²) in [4.78, 5) is 34.7. The Morgan fingerprint density at radius 1 is 1.16 bits per heavy atom. The van der Waals surface area contributed by atoms with E-state index in [1.807, 2.05) is 24.0 Å². The Labute approximate surface area is 183 Å². The summed E-state index contributed by atoms with van der Waals surface area (Å²) in [5.41, 5.74) is 5.46. The number of fused-ring (bicyclic) bond motifs is 4. The minimum atomic E-state index is -0.283. The number of aryl methyl sites for hydroxylation is 2. The Balaban J connectivity index is 1.44. The van der Waals surface area contributed by atoms with Gasteiger partial charge < -0.3 is 9.64 Å². The Morgan fingerprint density at radius 3 is 2.84 bits per heavy atom. The topological polar surface area (TPSA) is 62.7 Å². The molecular weight excluding hydrogens is 390 g/mol. The van der Waals surface area contributed by atoms with Gasteiger partial charge in [0.15, 0.2) is 0 Å². The van der Waals surface area contributed by atoms with Crippen LogP contribution in [0.5, 0.6) is 0 Å². The minimum absolute atomic E-state index is 0.0123. The Bertz CT molecular complexity index is 1030. The highest BCUT2D eigenvalue weighted by Crippen LogP contribution is 2.35. The molecule has 6 nitrogen and oxygen atoms in total. The lowest BCUT2D eigenvalue weighted by molar-refractivity contribution is 0.0427. The predicted molar refractivity (Wildman–Crippen MR) is 119 cm³/mol. The smallest absolute Gasteiger partial charge is 0.411 e. The van der Waals surface area contributed by atoms with Crippen LogP contribution in [0, 0.1) is 6.92 Å². The highest BCUT2D eigenvalue weighted by atomic mass is 16.6. The van der Waals surface area contributed by atoms with Crippen LogP contribution in [0.15, 0.2) is 18.2 Å². The van der Waals surface area contributed by atoms with Gasteiger partial charge in [-0.05, 0) is 81.5 Å². The molecule has 2 unspecified atom stereocenters. The predicted octanol–water partition coefficient (Wildman–Crippen LogP) is 4.61. The van der Waals surface area contributed by atoms with Crippen LogP contribution >= 0.6 is 0 Å². The van der Waals surface area contributed by atoms with Gasteiger partial charge in [0, 0.05) is 23.2 Å². The maximum atomic E-state index is 13.5. The summed E-state index contributed by atoms with van der Waals surface area (Å²) in [6.07, 6.45) is 7.61. The van der Waals surface area contributed by atoms with E-state index < -0.39 is 0 Å². The van der Waals surface area contributed by atoms with E-state index >= 15 is 0 Å². The number of aromatic nitrogens is 1. The van der Waals surface area contributed by atoms with Crippen molar-refractivity contribution in [3.63, 3.8) is 0 Å². The van der Waals surface area contributed by atoms with Gasteiger partial charge in [-0.1, -0.05) is 13.0 Å². The molecule has 3 aliphatic rings. The van der Waals surface area contributed by atoms with Gasteiger partial charge in [-0.3, -0.25) is 14.7 Å².